The minimum Gasteiger partial charge on any atom is -0.378 e. The molecule has 0 saturated carbocycles. The third kappa shape index (κ3) is 2.24. The van der Waals surface area contributed by atoms with Gasteiger partial charge in [0, 0.05) is 31.3 Å². The lowest BCUT2D eigenvalue weighted by atomic mass is 10.0. The fourth-order valence-corrected chi connectivity index (χ4v) is 2.98. The predicted octanol–water partition coefficient (Wildman–Crippen LogP) is 1.73. The van der Waals surface area contributed by atoms with Gasteiger partial charge in [0.2, 0.25) is 0 Å². The first-order valence-corrected chi connectivity index (χ1v) is 6.69. The number of nitrogens with zero attached hydrogens (tertiary/aromatic N) is 2. The summed E-state index contributed by atoms with van der Waals surface area (Å²) in [5, 5.41) is 3.54. The quantitative estimate of drug-likeness (QED) is 0.867. The van der Waals surface area contributed by atoms with Crippen LogP contribution in [0.3, 0.4) is 0 Å². The number of hydrogen-bond acceptors (Lipinski definition) is 3. The van der Waals surface area contributed by atoms with Crippen LogP contribution >= 0.6 is 0 Å². The number of hydrogen-bond donors (Lipinski definition) is 1. The first-order valence-electron chi connectivity index (χ1n) is 6.69. The summed E-state index contributed by atoms with van der Waals surface area (Å²) in [6.07, 6.45) is 8.07. The topological polar surface area (TPSA) is 39.1 Å². The monoisotopic (exact) mass is 235 g/mol. The summed E-state index contributed by atoms with van der Waals surface area (Å²) in [6, 6.07) is 0.509. The highest BCUT2D eigenvalue weighted by atomic mass is 16.5. The molecule has 0 spiro atoms. The Bertz CT molecular complexity index is 370. The predicted molar refractivity (Wildman–Crippen MR) is 65.7 cm³/mol. The van der Waals surface area contributed by atoms with Crippen LogP contribution < -0.4 is 5.32 Å². The molecular formula is C13H21N3O. The molecule has 0 amide bonds. The van der Waals surface area contributed by atoms with Gasteiger partial charge in [-0.15, -0.1) is 0 Å². The lowest BCUT2D eigenvalue weighted by molar-refractivity contribution is 0.101. The largest absolute Gasteiger partial charge is 0.378 e. The molecule has 0 aliphatic carbocycles. The Kier molecular flexibility index (Phi) is 3.16. The van der Waals surface area contributed by atoms with Crippen molar-refractivity contribution in [2.75, 3.05) is 13.2 Å². The van der Waals surface area contributed by atoms with Crippen LogP contribution in [0.4, 0.5) is 0 Å². The molecule has 1 aromatic rings. The Hall–Kier alpha value is -0.870. The second-order valence-corrected chi connectivity index (χ2v) is 5.24. The van der Waals surface area contributed by atoms with E-state index in [4.69, 9.17) is 4.74 Å². The van der Waals surface area contributed by atoms with Crippen LogP contribution in [0.2, 0.25) is 0 Å². The highest BCUT2D eigenvalue weighted by molar-refractivity contribution is 5.07. The molecule has 0 aromatic carbocycles. The Balaban J connectivity index is 1.72. The van der Waals surface area contributed by atoms with E-state index in [9.17, 15) is 0 Å². The minimum absolute atomic E-state index is 0.391. The first-order chi connectivity index (χ1) is 8.34. The van der Waals surface area contributed by atoms with Crippen LogP contribution in [0.1, 0.15) is 37.9 Å². The zero-order chi connectivity index (χ0) is 11.7. The molecule has 4 heteroatoms. The molecule has 2 fully saturated rings. The van der Waals surface area contributed by atoms with Gasteiger partial charge < -0.3 is 14.6 Å². The molecule has 1 aromatic heterocycles. The summed E-state index contributed by atoms with van der Waals surface area (Å²) >= 11 is 0. The van der Waals surface area contributed by atoms with Gasteiger partial charge in [0.05, 0.1) is 18.1 Å². The first kappa shape index (κ1) is 11.2. The van der Waals surface area contributed by atoms with Crippen molar-refractivity contribution in [1.29, 1.82) is 0 Å². The Morgan fingerprint density at radius 2 is 2.47 bits per heavy atom. The molecular weight excluding hydrogens is 214 g/mol. The van der Waals surface area contributed by atoms with Gasteiger partial charge in [-0.1, -0.05) is 0 Å². The van der Waals surface area contributed by atoms with E-state index in [1.807, 2.05) is 12.5 Å². The van der Waals surface area contributed by atoms with Crippen molar-refractivity contribution in [2.45, 2.75) is 44.9 Å². The van der Waals surface area contributed by atoms with E-state index in [2.05, 4.69) is 21.8 Å². The molecule has 3 atom stereocenters. The summed E-state index contributed by atoms with van der Waals surface area (Å²) in [5.41, 5.74) is 1.35. The molecule has 2 aliphatic heterocycles. The minimum atomic E-state index is 0.391. The zero-order valence-corrected chi connectivity index (χ0v) is 10.4. The van der Waals surface area contributed by atoms with Crippen LogP contribution in [-0.4, -0.2) is 28.8 Å². The van der Waals surface area contributed by atoms with Crippen LogP contribution in [-0.2, 0) is 11.3 Å². The molecule has 2 saturated heterocycles. The molecule has 2 unspecified atom stereocenters. The molecule has 3 rings (SSSR count). The number of aromatic nitrogens is 2. The van der Waals surface area contributed by atoms with Crippen LogP contribution in [0.25, 0.3) is 0 Å². The van der Waals surface area contributed by atoms with Gasteiger partial charge >= 0.3 is 0 Å². The van der Waals surface area contributed by atoms with Gasteiger partial charge in [0.25, 0.3) is 0 Å². The maximum atomic E-state index is 5.63. The zero-order valence-electron chi connectivity index (χ0n) is 10.4. The number of rotatable bonds is 3. The second kappa shape index (κ2) is 4.78. The number of nitrogens with one attached hydrogen (secondary N) is 1. The van der Waals surface area contributed by atoms with E-state index < -0.39 is 0 Å². The number of ether oxygens (including phenoxy) is 1. The molecule has 0 bridgehead atoms. The van der Waals surface area contributed by atoms with Gasteiger partial charge in [0.1, 0.15) is 0 Å². The third-order valence-electron chi connectivity index (χ3n) is 4.13. The van der Waals surface area contributed by atoms with E-state index >= 15 is 0 Å². The van der Waals surface area contributed by atoms with Crippen molar-refractivity contribution in [1.82, 2.24) is 14.9 Å². The van der Waals surface area contributed by atoms with E-state index in [1.165, 1.54) is 25.0 Å². The highest BCUT2D eigenvalue weighted by Crippen LogP contribution is 2.26. The fraction of sp³-hybridized carbons (Fsp3) is 0.769. The number of imidazole rings is 1. The van der Waals surface area contributed by atoms with Gasteiger partial charge in [-0.3, -0.25) is 0 Å². The van der Waals surface area contributed by atoms with E-state index in [1.54, 1.807) is 0 Å². The van der Waals surface area contributed by atoms with Crippen LogP contribution in [0, 0.1) is 5.92 Å². The molecule has 0 radical (unpaired) electrons. The van der Waals surface area contributed by atoms with Gasteiger partial charge in [-0.25, -0.2) is 4.98 Å². The Labute approximate surface area is 102 Å². The highest BCUT2D eigenvalue weighted by Gasteiger charge is 2.26. The molecule has 94 valence electrons. The maximum absolute atomic E-state index is 5.63. The second-order valence-electron chi connectivity index (χ2n) is 5.24. The molecule has 1 N–H and O–H groups in total. The maximum Gasteiger partial charge on any atom is 0.0948 e. The summed E-state index contributed by atoms with van der Waals surface area (Å²) in [5.74, 6) is 0.643. The van der Waals surface area contributed by atoms with E-state index in [-0.39, 0.29) is 0 Å². The average molecular weight is 235 g/mol. The van der Waals surface area contributed by atoms with Gasteiger partial charge in [-0.2, -0.15) is 0 Å². The summed E-state index contributed by atoms with van der Waals surface area (Å²) < 4.78 is 7.95. The molecule has 17 heavy (non-hydrogen) atoms. The third-order valence-corrected chi connectivity index (χ3v) is 4.13. The average Bonchev–Trinajstić information content (AvgIpc) is 3.02. The molecule has 2 aliphatic rings. The summed E-state index contributed by atoms with van der Waals surface area (Å²) in [7, 11) is 0. The summed E-state index contributed by atoms with van der Waals surface area (Å²) in [4.78, 5) is 4.32. The van der Waals surface area contributed by atoms with Crippen molar-refractivity contribution >= 4 is 0 Å². The van der Waals surface area contributed by atoms with Crippen molar-refractivity contribution in [3.8, 4) is 0 Å². The fourth-order valence-electron chi connectivity index (χ4n) is 2.98. The van der Waals surface area contributed by atoms with Gasteiger partial charge in [0.15, 0.2) is 0 Å². The van der Waals surface area contributed by atoms with Crippen molar-refractivity contribution in [2.24, 2.45) is 5.92 Å². The normalized spacial score (nSPS) is 33.4. The lowest BCUT2D eigenvalue weighted by Gasteiger charge is -2.19. The van der Waals surface area contributed by atoms with Crippen molar-refractivity contribution in [3.63, 3.8) is 0 Å². The Morgan fingerprint density at radius 3 is 3.18 bits per heavy atom. The SMILES string of the molecule is CC1OCCC1Cn1cncc1[C@@H]1CCCN1. The van der Waals surface area contributed by atoms with Gasteiger partial charge in [-0.05, 0) is 32.7 Å². The standard InChI is InChI=1S/C13H21N3O/c1-10-11(4-6-17-10)8-16-9-14-7-13(16)12-3-2-5-15-12/h7,9-12,15H,2-6,8H2,1H3/t10?,11?,12-/m0/s1. The van der Waals surface area contributed by atoms with Crippen molar-refractivity contribution in [3.05, 3.63) is 18.2 Å². The lowest BCUT2D eigenvalue weighted by Crippen LogP contribution is -2.22. The Morgan fingerprint density at radius 1 is 1.53 bits per heavy atom. The smallest absolute Gasteiger partial charge is 0.0948 e. The summed E-state index contributed by atoms with van der Waals surface area (Å²) in [6.45, 7) is 5.28. The van der Waals surface area contributed by atoms with E-state index in [0.29, 0.717) is 18.1 Å². The van der Waals surface area contributed by atoms with Crippen molar-refractivity contribution < 1.29 is 4.74 Å². The van der Waals surface area contributed by atoms with Crippen LogP contribution in [0.15, 0.2) is 12.5 Å². The van der Waals surface area contributed by atoms with E-state index in [0.717, 1.165) is 19.7 Å². The molecule has 3 heterocycles. The molecule has 4 nitrogen and oxygen atoms in total. The van der Waals surface area contributed by atoms with Crippen LogP contribution in [0.5, 0.6) is 0 Å².